The molecule has 0 saturated heterocycles. The molecule has 214 valence electrons. The summed E-state index contributed by atoms with van der Waals surface area (Å²) in [6, 6.07) is 12.8. The summed E-state index contributed by atoms with van der Waals surface area (Å²) >= 11 is 0.976. The maximum absolute atomic E-state index is 13.2. The highest BCUT2D eigenvalue weighted by Gasteiger charge is 2.28. The van der Waals surface area contributed by atoms with E-state index in [4.69, 9.17) is 18.9 Å². The lowest BCUT2D eigenvalue weighted by molar-refractivity contribution is -0.114. The monoisotopic (exact) mass is 579 g/mol. The lowest BCUT2D eigenvalue weighted by Crippen LogP contribution is -2.12. The fourth-order valence-corrected chi connectivity index (χ4v) is 5.07. The van der Waals surface area contributed by atoms with Crippen LogP contribution in [-0.2, 0) is 27.3 Å². The predicted octanol–water partition coefficient (Wildman–Crippen LogP) is 6.25. The highest BCUT2D eigenvalue weighted by atomic mass is 32.1. The number of ketones is 1. The van der Waals surface area contributed by atoms with E-state index in [1.54, 1.807) is 51.1 Å². The van der Waals surface area contributed by atoms with E-state index >= 15 is 0 Å². The van der Waals surface area contributed by atoms with Gasteiger partial charge in [0.25, 0.3) is 0 Å². The highest BCUT2D eigenvalue weighted by molar-refractivity contribution is 7.14. The molecule has 0 unspecified atom stereocenters. The topological polar surface area (TPSA) is 112 Å². The number of carbonyl (C=O) groups is 3. The lowest BCUT2D eigenvalue weighted by atomic mass is 10.0. The quantitative estimate of drug-likeness (QED) is 0.133. The molecule has 0 aliphatic heterocycles. The minimum atomic E-state index is -0.653. The zero-order valence-electron chi connectivity index (χ0n) is 23.2. The number of carbonyl (C=O) groups excluding carboxylic acids is 3. The number of Topliss-reactive ketones (excluding diaryl/α,β-unsaturated/α-hetero) is 1. The van der Waals surface area contributed by atoms with Gasteiger partial charge in [-0.1, -0.05) is 18.2 Å². The number of ether oxygens (including phenoxy) is 4. The number of nitrogens with zero attached hydrogens (tertiary/aromatic N) is 1. The van der Waals surface area contributed by atoms with Crippen LogP contribution in [0.3, 0.4) is 0 Å². The van der Waals surface area contributed by atoms with Crippen LogP contribution < -0.4 is 9.47 Å². The molecule has 0 aliphatic carbocycles. The second-order valence-corrected chi connectivity index (χ2v) is 9.72. The largest absolute Gasteiger partial charge is 0.490 e. The van der Waals surface area contributed by atoms with E-state index in [9.17, 15) is 24.0 Å². The molecule has 1 heterocycles. The third-order valence-electron chi connectivity index (χ3n) is 5.79. The van der Waals surface area contributed by atoms with Crippen molar-refractivity contribution in [3.8, 4) is 17.6 Å². The molecule has 8 nitrogen and oxygen atoms in total. The zero-order chi connectivity index (χ0) is 29.9. The number of hydrogen-bond acceptors (Lipinski definition) is 9. The van der Waals surface area contributed by atoms with Crippen molar-refractivity contribution in [3.63, 3.8) is 0 Å². The standard InChI is InChI=1S/C31H30FNO7S/c1-5-37-26-15-21(10-13-25(26)40-18-20-8-11-23(32)12-9-20)14-22(17-33)24(34)16-27-28(30(35)38-6-2)19(4)29(41-27)31(36)39-7-3/h8-15H,5-7,16,18H2,1-4H3/b22-14+. The first kappa shape index (κ1) is 31.0. The van der Waals surface area contributed by atoms with Gasteiger partial charge in [0.15, 0.2) is 17.3 Å². The molecule has 0 saturated carbocycles. The number of benzene rings is 2. The summed E-state index contributed by atoms with van der Waals surface area (Å²) in [6.07, 6.45) is 1.14. The van der Waals surface area contributed by atoms with Crippen LogP contribution >= 0.6 is 11.3 Å². The van der Waals surface area contributed by atoms with E-state index in [0.717, 1.165) is 16.9 Å². The van der Waals surface area contributed by atoms with Crippen molar-refractivity contribution >= 4 is 35.1 Å². The Morgan fingerprint density at radius 3 is 2.24 bits per heavy atom. The Hall–Kier alpha value is -4.49. The fourth-order valence-electron chi connectivity index (χ4n) is 3.89. The molecule has 0 fully saturated rings. The van der Waals surface area contributed by atoms with Gasteiger partial charge in [-0.15, -0.1) is 11.3 Å². The van der Waals surface area contributed by atoms with E-state index in [1.165, 1.54) is 18.2 Å². The summed E-state index contributed by atoms with van der Waals surface area (Å²) in [7, 11) is 0. The Kier molecular flexibility index (Phi) is 11.2. The Morgan fingerprint density at radius 1 is 0.927 bits per heavy atom. The SMILES string of the molecule is CCOC(=O)c1sc(CC(=O)/C(C#N)=C/c2ccc(OCc3ccc(F)cc3)c(OCC)c2)c(C(=O)OCC)c1C. The van der Waals surface area contributed by atoms with Gasteiger partial charge in [0.2, 0.25) is 0 Å². The molecule has 2 aromatic carbocycles. The number of nitriles is 1. The molecule has 0 bridgehead atoms. The van der Waals surface area contributed by atoms with Crippen LogP contribution in [0.5, 0.6) is 11.5 Å². The van der Waals surface area contributed by atoms with Crippen LogP contribution in [0.4, 0.5) is 4.39 Å². The molecule has 0 amide bonds. The Labute approximate surface area is 241 Å². The number of rotatable bonds is 13. The second kappa shape index (κ2) is 14.8. The molecule has 3 rings (SSSR count). The van der Waals surface area contributed by atoms with E-state index in [1.807, 2.05) is 13.0 Å². The van der Waals surface area contributed by atoms with Crippen LogP contribution in [0.25, 0.3) is 6.08 Å². The van der Waals surface area contributed by atoms with Gasteiger partial charge in [0, 0.05) is 11.3 Å². The van der Waals surface area contributed by atoms with E-state index < -0.39 is 17.7 Å². The van der Waals surface area contributed by atoms with Crippen molar-refractivity contribution < 1.29 is 37.7 Å². The van der Waals surface area contributed by atoms with Gasteiger partial charge in [-0.05, 0) is 74.7 Å². The number of thiophene rings is 1. The number of esters is 2. The fraction of sp³-hybridized carbons (Fsp3) is 0.290. The Morgan fingerprint density at radius 2 is 1.61 bits per heavy atom. The second-order valence-electron chi connectivity index (χ2n) is 8.62. The van der Waals surface area contributed by atoms with E-state index in [2.05, 4.69) is 0 Å². The van der Waals surface area contributed by atoms with Crippen LogP contribution in [0.15, 0.2) is 48.0 Å². The molecule has 10 heteroatoms. The van der Waals surface area contributed by atoms with Crippen LogP contribution in [0, 0.1) is 24.1 Å². The number of hydrogen-bond donors (Lipinski definition) is 0. The van der Waals surface area contributed by atoms with Crippen molar-refractivity contribution in [2.24, 2.45) is 0 Å². The predicted molar refractivity (Wildman–Crippen MR) is 152 cm³/mol. The summed E-state index contributed by atoms with van der Waals surface area (Å²) in [5, 5.41) is 9.79. The summed E-state index contributed by atoms with van der Waals surface area (Å²) in [4.78, 5) is 38.9. The van der Waals surface area contributed by atoms with E-state index in [0.29, 0.717) is 34.1 Å². The molecular formula is C31H30FNO7S. The van der Waals surface area contributed by atoms with Gasteiger partial charge in [0.05, 0.1) is 31.0 Å². The average molecular weight is 580 g/mol. The third-order valence-corrected chi connectivity index (χ3v) is 7.06. The number of allylic oxidation sites excluding steroid dienone is 1. The number of halogens is 1. The molecule has 41 heavy (non-hydrogen) atoms. The molecule has 0 aliphatic rings. The average Bonchev–Trinajstić information content (AvgIpc) is 3.27. The van der Waals surface area contributed by atoms with Crippen LogP contribution in [0.2, 0.25) is 0 Å². The Bertz CT molecular complexity index is 1490. The molecule has 0 radical (unpaired) electrons. The van der Waals surface area contributed by atoms with Gasteiger partial charge in [0.1, 0.15) is 23.4 Å². The molecule has 0 spiro atoms. The maximum atomic E-state index is 13.2. The molecule has 1 aromatic heterocycles. The van der Waals surface area contributed by atoms with Gasteiger partial charge < -0.3 is 18.9 Å². The third kappa shape index (κ3) is 8.02. The Balaban J connectivity index is 1.87. The van der Waals surface area contributed by atoms with Gasteiger partial charge in [-0.3, -0.25) is 4.79 Å². The smallest absolute Gasteiger partial charge is 0.348 e. The van der Waals surface area contributed by atoms with Crippen molar-refractivity contribution in [3.05, 3.63) is 85.9 Å². The normalized spacial score (nSPS) is 11.0. The molecular weight excluding hydrogens is 549 g/mol. The van der Waals surface area contributed by atoms with Crippen molar-refractivity contribution in [1.29, 1.82) is 5.26 Å². The maximum Gasteiger partial charge on any atom is 0.348 e. The summed E-state index contributed by atoms with van der Waals surface area (Å²) in [5.41, 5.74) is 1.65. The first-order chi connectivity index (χ1) is 19.7. The minimum absolute atomic E-state index is 0.116. The summed E-state index contributed by atoms with van der Waals surface area (Å²) < 4.78 is 35.0. The van der Waals surface area contributed by atoms with E-state index in [-0.39, 0.29) is 48.1 Å². The zero-order valence-corrected chi connectivity index (χ0v) is 24.1. The van der Waals surface area contributed by atoms with Crippen LogP contribution in [0.1, 0.15) is 62.4 Å². The summed E-state index contributed by atoms with van der Waals surface area (Å²) in [5.74, 6) is -1.28. The van der Waals surface area contributed by atoms with Crippen molar-refractivity contribution in [2.45, 2.75) is 40.7 Å². The van der Waals surface area contributed by atoms with Gasteiger partial charge in [-0.25, -0.2) is 14.0 Å². The summed E-state index contributed by atoms with van der Waals surface area (Å²) in [6.45, 7) is 7.54. The van der Waals surface area contributed by atoms with Gasteiger partial charge >= 0.3 is 11.9 Å². The first-order valence-electron chi connectivity index (χ1n) is 13.0. The lowest BCUT2D eigenvalue weighted by Gasteiger charge is -2.13. The van der Waals surface area contributed by atoms with Gasteiger partial charge in [-0.2, -0.15) is 5.26 Å². The van der Waals surface area contributed by atoms with Crippen LogP contribution in [-0.4, -0.2) is 37.5 Å². The minimum Gasteiger partial charge on any atom is -0.490 e. The first-order valence-corrected chi connectivity index (χ1v) is 13.8. The molecule has 0 atom stereocenters. The van der Waals surface area contributed by atoms with Crippen molar-refractivity contribution in [2.75, 3.05) is 19.8 Å². The molecule has 0 N–H and O–H groups in total. The highest BCUT2D eigenvalue weighted by Crippen LogP contribution is 2.32. The van der Waals surface area contributed by atoms with Crippen molar-refractivity contribution in [1.82, 2.24) is 0 Å². The molecule has 3 aromatic rings.